The van der Waals surface area contributed by atoms with Crippen molar-refractivity contribution in [1.82, 2.24) is 0 Å². The summed E-state index contributed by atoms with van der Waals surface area (Å²) < 4.78 is 10.6. The van der Waals surface area contributed by atoms with E-state index in [1.54, 1.807) is 42.1 Å². The van der Waals surface area contributed by atoms with Gasteiger partial charge < -0.3 is 9.15 Å². The molecule has 0 aliphatic heterocycles. The zero-order valence-corrected chi connectivity index (χ0v) is 14.9. The average molecular weight is 354 g/mol. The molecule has 3 rings (SSSR count). The monoisotopic (exact) mass is 354 g/mol. The molecule has 0 spiro atoms. The molecule has 0 saturated heterocycles. The van der Waals surface area contributed by atoms with Crippen molar-refractivity contribution in [3.63, 3.8) is 0 Å². The number of aryl methyl sites for hydroxylation is 1. The molecule has 0 saturated carbocycles. The molecule has 0 atom stereocenters. The van der Waals surface area contributed by atoms with Crippen molar-refractivity contribution in [3.8, 4) is 5.75 Å². The lowest BCUT2D eigenvalue weighted by atomic mass is 10.1. The Bertz CT molecular complexity index is 958. The van der Waals surface area contributed by atoms with Crippen molar-refractivity contribution in [2.75, 3.05) is 6.26 Å². The maximum atomic E-state index is 12.3. The molecule has 0 amide bonds. The molecule has 4 nitrogen and oxygen atoms in total. The van der Waals surface area contributed by atoms with Crippen LogP contribution >= 0.6 is 11.8 Å². The van der Waals surface area contributed by atoms with E-state index in [0.29, 0.717) is 16.9 Å². The number of fused-ring (bicyclic) bond motifs is 1. The quantitative estimate of drug-likeness (QED) is 0.385. The first-order chi connectivity index (χ1) is 12.1. The Labute approximate surface area is 149 Å². The van der Waals surface area contributed by atoms with E-state index < -0.39 is 11.6 Å². The molecule has 0 aliphatic rings. The van der Waals surface area contributed by atoms with Crippen molar-refractivity contribution in [2.45, 2.75) is 19.1 Å². The maximum Gasteiger partial charge on any atom is 0.343 e. The minimum absolute atomic E-state index is 0.349. The molecule has 0 N–H and O–H groups in total. The topological polar surface area (TPSA) is 56.5 Å². The summed E-state index contributed by atoms with van der Waals surface area (Å²) in [5, 5.41) is 0.850. The van der Waals surface area contributed by atoms with E-state index in [1.807, 2.05) is 25.3 Å². The summed E-state index contributed by atoms with van der Waals surface area (Å²) >= 11 is 1.72. The maximum absolute atomic E-state index is 12.3. The van der Waals surface area contributed by atoms with Crippen molar-refractivity contribution < 1.29 is 13.9 Å². The highest BCUT2D eigenvalue weighted by molar-refractivity contribution is 7.97. The fourth-order valence-corrected chi connectivity index (χ4v) is 3.16. The van der Waals surface area contributed by atoms with E-state index >= 15 is 0 Å². The van der Waals surface area contributed by atoms with Crippen LogP contribution in [0.3, 0.4) is 0 Å². The van der Waals surface area contributed by atoms with Crippen LogP contribution in [0.25, 0.3) is 11.0 Å². The van der Waals surface area contributed by atoms with Gasteiger partial charge in [0.25, 0.3) is 0 Å². The Morgan fingerprint density at radius 1 is 1.12 bits per heavy atom. The fourth-order valence-electron chi connectivity index (χ4n) is 2.64. The Morgan fingerprint density at radius 2 is 1.88 bits per heavy atom. The molecule has 1 aromatic heterocycles. The van der Waals surface area contributed by atoms with Crippen LogP contribution in [0.15, 0.2) is 57.7 Å². The van der Waals surface area contributed by atoms with E-state index in [0.717, 1.165) is 28.7 Å². The van der Waals surface area contributed by atoms with Crippen molar-refractivity contribution in [2.24, 2.45) is 0 Å². The zero-order valence-electron chi connectivity index (χ0n) is 14.1. The van der Waals surface area contributed by atoms with Crippen LogP contribution in [-0.4, -0.2) is 12.2 Å². The van der Waals surface area contributed by atoms with Crippen LogP contribution in [-0.2, 0) is 12.2 Å². The summed E-state index contributed by atoms with van der Waals surface area (Å²) in [6.07, 6.45) is 2.76. The molecule has 0 radical (unpaired) electrons. The van der Waals surface area contributed by atoms with Crippen LogP contribution in [0.1, 0.15) is 28.4 Å². The minimum atomic E-state index is -0.441. The first-order valence-electron chi connectivity index (χ1n) is 7.97. The minimum Gasteiger partial charge on any atom is -0.423 e. The Balaban J connectivity index is 1.84. The van der Waals surface area contributed by atoms with Crippen LogP contribution in [0.2, 0.25) is 0 Å². The predicted molar refractivity (Wildman–Crippen MR) is 100 cm³/mol. The third-order valence-electron chi connectivity index (χ3n) is 3.89. The largest absolute Gasteiger partial charge is 0.423 e. The standard InChI is InChI=1S/C20H18O4S/c1-3-14-10-19(21)24-18-11-16(8-9-17(14)18)23-20(22)15-6-4-13(5-7-15)12-25-2/h4-11H,3,12H2,1-2H3. The second-order valence-electron chi connectivity index (χ2n) is 5.62. The number of benzene rings is 2. The van der Waals surface area contributed by atoms with Crippen molar-refractivity contribution >= 4 is 28.7 Å². The van der Waals surface area contributed by atoms with E-state index in [2.05, 4.69) is 0 Å². The molecule has 0 fully saturated rings. The first kappa shape index (κ1) is 17.3. The summed E-state index contributed by atoms with van der Waals surface area (Å²) in [4.78, 5) is 23.9. The first-order valence-corrected chi connectivity index (χ1v) is 9.37. The molecule has 5 heteroatoms. The van der Waals surface area contributed by atoms with Crippen molar-refractivity contribution in [3.05, 3.63) is 75.6 Å². The molecular formula is C20H18O4S. The molecule has 1 heterocycles. The summed E-state index contributed by atoms with van der Waals surface area (Å²) in [5.74, 6) is 0.810. The number of rotatable bonds is 5. The molecule has 128 valence electrons. The lowest BCUT2D eigenvalue weighted by Crippen LogP contribution is -2.08. The molecular weight excluding hydrogens is 336 g/mol. The van der Waals surface area contributed by atoms with E-state index in [4.69, 9.17) is 9.15 Å². The van der Waals surface area contributed by atoms with Gasteiger partial charge in [0.1, 0.15) is 11.3 Å². The van der Waals surface area contributed by atoms with Gasteiger partial charge in [-0.15, -0.1) is 0 Å². The lowest BCUT2D eigenvalue weighted by Gasteiger charge is -2.07. The van der Waals surface area contributed by atoms with Gasteiger partial charge in [-0.05, 0) is 48.1 Å². The number of carbonyl (C=O) groups is 1. The summed E-state index contributed by atoms with van der Waals surface area (Å²) in [6.45, 7) is 1.98. The third kappa shape index (κ3) is 3.94. The van der Waals surface area contributed by atoms with Crippen LogP contribution in [0.4, 0.5) is 0 Å². The smallest absolute Gasteiger partial charge is 0.343 e. The SMILES string of the molecule is CCc1cc(=O)oc2cc(OC(=O)c3ccc(CSC)cc3)ccc12. The van der Waals surface area contributed by atoms with Crippen LogP contribution in [0, 0.1) is 0 Å². The third-order valence-corrected chi connectivity index (χ3v) is 4.52. The predicted octanol–water partition coefficient (Wildman–Crippen LogP) is 4.44. The van der Waals surface area contributed by atoms with Crippen LogP contribution < -0.4 is 10.4 Å². The summed E-state index contributed by atoms with van der Waals surface area (Å²) in [7, 11) is 0. The molecule has 2 aromatic carbocycles. The zero-order chi connectivity index (χ0) is 17.8. The Morgan fingerprint density at radius 3 is 2.56 bits per heavy atom. The van der Waals surface area contributed by atoms with Gasteiger partial charge in [0.05, 0.1) is 5.56 Å². The van der Waals surface area contributed by atoms with Gasteiger partial charge in [-0.25, -0.2) is 9.59 Å². The second kappa shape index (κ2) is 7.57. The Hall–Kier alpha value is -2.53. The second-order valence-corrected chi connectivity index (χ2v) is 6.49. The summed E-state index contributed by atoms with van der Waals surface area (Å²) in [6, 6.07) is 13.9. The van der Waals surface area contributed by atoms with Gasteiger partial charge in [0.2, 0.25) is 0 Å². The van der Waals surface area contributed by atoms with E-state index in [1.165, 1.54) is 6.07 Å². The van der Waals surface area contributed by atoms with Crippen molar-refractivity contribution in [1.29, 1.82) is 0 Å². The number of hydrogen-bond acceptors (Lipinski definition) is 5. The van der Waals surface area contributed by atoms with Gasteiger partial charge in [0.15, 0.2) is 0 Å². The molecule has 0 aliphatic carbocycles. The highest BCUT2D eigenvalue weighted by atomic mass is 32.2. The average Bonchev–Trinajstić information content (AvgIpc) is 2.61. The highest BCUT2D eigenvalue weighted by Crippen LogP contribution is 2.24. The van der Waals surface area contributed by atoms with Gasteiger partial charge in [-0.2, -0.15) is 11.8 Å². The number of carbonyl (C=O) groups excluding carboxylic acids is 1. The van der Waals surface area contributed by atoms with Gasteiger partial charge >= 0.3 is 11.6 Å². The normalized spacial score (nSPS) is 10.8. The van der Waals surface area contributed by atoms with Gasteiger partial charge in [-0.3, -0.25) is 0 Å². The molecule has 0 bridgehead atoms. The van der Waals surface area contributed by atoms with E-state index in [-0.39, 0.29) is 0 Å². The fraction of sp³-hybridized carbons (Fsp3) is 0.200. The lowest BCUT2D eigenvalue weighted by molar-refractivity contribution is 0.0735. The van der Waals surface area contributed by atoms with Crippen LogP contribution in [0.5, 0.6) is 5.75 Å². The van der Waals surface area contributed by atoms with Gasteiger partial charge in [0, 0.05) is 23.3 Å². The number of esters is 1. The van der Waals surface area contributed by atoms with Gasteiger partial charge in [-0.1, -0.05) is 19.1 Å². The molecule has 3 aromatic rings. The summed E-state index contributed by atoms with van der Waals surface area (Å²) in [5.41, 5.74) is 2.56. The Kier molecular flexibility index (Phi) is 5.24. The highest BCUT2D eigenvalue weighted by Gasteiger charge is 2.11. The number of thioether (sulfide) groups is 1. The molecule has 0 unspecified atom stereocenters. The number of hydrogen-bond donors (Lipinski definition) is 0. The van der Waals surface area contributed by atoms with E-state index in [9.17, 15) is 9.59 Å². The number of ether oxygens (including phenoxy) is 1. The molecule has 25 heavy (non-hydrogen) atoms.